The van der Waals surface area contributed by atoms with Crippen LogP contribution in [0.3, 0.4) is 0 Å². The van der Waals surface area contributed by atoms with Gasteiger partial charge in [0.1, 0.15) is 5.82 Å². The second-order valence-corrected chi connectivity index (χ2v) is 7.89. The van der Waals surface area contributed by atoms with Crippen LogP contribution >= 0.6 is 15.9 Å². The van der Waals surface area contributed by atoms with Crippen LogP contribution in [0.5, 0.6) is 0 Å². The van der Waals surface area contributed by atoms with Crippen LogP contribution in [0.15, 0.2) is 71.5 Å². The summed E-state index contributed by atoms with van der Waals surface area (Å²) >= 11 is 3.40. The fourth-order valence-electron chi connectivity index (χ4n) is 3.66. The van der Waals surface area contributed by atoms with Gasteiger partial charge in [0.15, 0.2) is 0 Å². The van der Waals surface area contributed by atoms with Crippen LogP contribution in [0.25, 0.3) is 11.4 Å². The molecule has 0 saturated heterocycles. The van der Waals surface area contributed by atoms with Crippen molar-refractivity contribution in [2.75, 3.05) is 5.32 Å². The number of hydrogen-bond acceptors (Lipinski definition) is 3. The number of amides is 1. The average Bonchev–Trinajstić information content (AvgIpc) is 3.46. The maximum absolute atomic E-state index is 13.0. The van der Waals surface area contributed by atoms with E-state index in [1.54, 1.807) is 10.9 Å². The molecule has 1 aliphatic carbocycles. The highest BCUT2D eigenvalue weighted by Crippen LogP contribution is 2.31. The van der Waals surface area contributed by atoms with Gasteiger partial charge in [-0.2, -0.15) is 10.2 Å². The summed E-state index contributed by atoms with van der Waals surface area (Å²) in [5.74, 6) is 0.624. The lowest BCUT2D eigenvalue weighted by Gasteiger charge is -2.11. The molecule has 0 fully saturated rings. The van der Waals surface area contributed by atoms with Crippen molar-refractivity contribution in [2.24, 2.45) is 0 Å². The van der Waals surface area contributed by atoms with Crippen molar-refractivity contribution in [2.45, 2.75) is 19.3 Å². The SMILES string of the molecule is O=C(Nc1c2c(nn1-c1ccccc1)CCC2)c1ccc(-n2cc(Br)cn2)cc1. The highest BCUT2D eigenvalue weighted by Gasteiger charge is 2.24. The number of carbonyl (C=O) groups is 1. The number of aryl methyl sites for hydroxylation is 1. The van der Waals surface area contributed by atoms with Crippen molar-refractivity contribution in [3.05, 3.63) is 88.3 Å². The van der Waals surface area contributed by atoms with Crippen LogP contribution < -0.4 is 5.32 Å². The molecule has 1 aliphatic rings. The first-order valence-electron chi connectivity index (χ1n) is 9.47. The number of aromatic nitrogens is 4. The van der Waals surface area contributed by atoms with Gasteiger partial charge in [-0.25, -0.2) is 9.36 Å². The Morgan fingerprint density at radius 3 is 2.52 bits per heavy atom. The Hall–Kier alpha value is -3.19. The zero-order valence-electron chi connectivity index (χ0n) is 15.5. The molecule has 2 heterocycles. The monoisotopic (exact) mass is 447 g/mol. The minimum absolute atomic E-state index is 0.148. The van der Waals surface area contributed by atoms with Crippen molar-refractivity contribution in [1.29, 1.82) is 0 Å². The first kappa shape index (κ1) is 17.9. The molecule has 0 spiro atoms. The molecule has 2 aromatic heterocycles. The number of carbonyl (C=O) groups excluding carboxylic acids is 1. The number of nitrogens with one attached hydrogen (secondary N) is 1. The Kier molecular flexibility index (Phi) is 4.52. The summed E-state index contributed by atoms with van der Waals surface area (Å²) in [6.07, 6.45) is 6.56. The van der Waals surface area contributed by atoms with Crippen molar-refractivity contribution < 1.29 is 4.79 Å². The van der Waals surface area contributed by atoms with Gasteiger partial charge >= 0.3 is 0 Å². The first-order chi connectivity index (χ1) is 14.2. The van der Waals surface area contributed by atoms with E-state index in [4.69, 9.17) is 5.10 Å². The average molecular weight is 448 g/mol. The van der Waals surface area contributed by atoms with E-state index in [-0.39, 0.29) is 5.91 Å². The Bertz CT molecular complexity index is 1180. The van der Waals surface area contributed by atoms with Gasteiger partial charge in [-0.15, -0.1) is 0 Å². The molecule has 1 N–H and O–H groups in total. The highest BCUT2D eigenvalue weighted by atomic mass is 79.9. The molecule has 0 saturated carbocycles. The van der Waals surface area contributed by atoms with Gasteiger partial charge in [-0.3, -0.25) is 4.79 Å². The fourth-order valence-corrected chi connectivity index (χ4v) is 3.95. The quantitative estimate of drug-likeness (QED) is 0.498. The molecule has 0 atom stereocenters. The van der Waals surface area contributed by atoms with E-state index in [1.807, 2.05) is 65.5 Å². The van der Waals surface area contributed by atoms with E-state index in [0.717, 1.165) is 52.2 Å². The highest BCUT2D eigenvalue weighted by molar-refractivity contribution is 9.10. The smallest absolute Gasteiger partial charge is 0.256 e. The largest absolute Gasteiger partial charge is 0.306 e. The van der Waals surface area contributed by atoms with Crippen molar-refractivity contribution in [3.63, 3.8) is 0 Å². The summed E-state index contributed by atoms with van der Waals surface area (Å²) in [7, 11) is 0. The summed E-state index contributed by atoms with van der Waals surface area (Å²) in [4.78, 5) is 13.0. The normalized spacial score (nSPS) is 12.7. The van der Waals surface area contributed by atoms with Gasteiger partial charge < -0.3 is 5.32 Å². The number of hydrogen-bond donors (Lipinski definition) is 1. The molecule has 29 heavy (non-hydrogen) atoms. The lowest BCUT2D eigenvalue weighted by Crippen LogP contribution is -2.16. The minimum atomic E-state index is -0.148. The maximum atomic E-state index is 13.0. The molecule has 4 aromatic rings. The second kappa shape index (κ2) is 7.33. The number of para-hydroxylation sites is 1. The molecule has 144 valence electrons. The number of halogens is 1. The van der Waals surface area contributed by atoms with Crippen LogP contribution in [-0.4, -0.2) is 25.5 Å². The van der Waals surface area contributed by atoms with Gasteiger partial charge in [0.2, 0.25) is 0 Å². The predicted octanol–water partition coefficient (Wildman–Crippen LogP) is 4.56. The Morgan fingerprint density at radius 2 is 1.79 bits per heavy atom. The van der Waals surface area contributed by atoms with Crippen LogP contribution in [0.2, 0.25) is 0 Å². The molecule has 6 nitrogen and oxygen atoms in total. The second-order valence-electron chi connectivity index (χ2n) is 6.98. The van der Waals surface area contributed by atoms with Crippen molar-refractivity contribution in [3.8, 4) is 11.4 Å². The Balaban J connectivity index is 1.44. The number of fused-ring (bicyclic) bond motifs is 1. The van der Waals surface area contributed by atoms with Gasteiger partial charge in [0.25, 0.3) is 5.91 Å². The van der Waals surface area contributed by atoms with Gasteiger partial charge in [-0.1, -0.05) is 18.2 Å². The summed E-state index contributed by atoms with van der Waals surface area (Å²) < 4.78 is 4.50. The molecular formula is C22H18BrN5O. The van der Waals surface area contributed by atoms with E-state index < -0.39 is 0 Å². The van der Waals surface area contributed by atoms with Crippen LogP contribution in [0.1, 0.15) is 28.0 Å². The summed E-state index contributed by atoms with van der Waals surface area (Å²) in [5.41, 5.74) is 4.63. The third-order valence-electron chi connectivity index (χ3n) is 5.08. The van der Waals surface area contributed by atoms with Crippen molar-refractivity contribution >= 4 is 27.7 Å². The van der Waals surface area contributed by atoms with Crippen LogP contribution in [0.4, 0.5) is 5.82 Å². The number of benzene rings is 2. The Morgan fingerprint density at radius 1 is 1.00 bits per heavy atom. The molecule has 0 bridgehead atoms. The molecule has 0 unspecified atom stereocenters. The molecule has 0 aliphatic heterocycles. The van der Waals surface area contributed by atoms with E-state index in [2.05, 4.69) is 26.3 Å². The van der Waals surface area contributed by atoms with E-state index in [9.17, 15) is 4.79 Å². The zero-order chi connectivity index (χ0) is 19.8. The molecule has 2 aromatic carbocycles. The third kappa shape index (κ3) is 3.38. The predicted molar refractivity (Wildman–Crippen MR) is 115 cm³/mol. The topological polar surface area (TPSA) is 64.7 Å². The lowest BCUT2D eigenvalue weighted by molar-refractivity contribution is 0.102. The fraction of sp³-hybridized carbons (Fsp3) is 0.136. The lowest BCUT2D eigenvalue weighted by atomic mass is 10.2. The van der Waals surface area contributed by atoms with Gasteiger partial charge in [0, 0.05) is 17.3 Å². The van der Waals surface area contributed by atoms with E-state index in [1.165, 1.54) is 0 Å². The standard InChI is InChI=1S/C22H18BrN5O/c23-16-13-24-27(14-16)17-11-9-15(10-12-17)22(29)25-21-19-7-4-8-20(19)26-28(21)18-5-2-1-3-6-18/h1-3,5-6,9-14H,4,7-8H2,(H,25,29). The molecular weight excluding hydrogens is 430 g/mol. The van der Waals surface area contributed by atoms with Crippen molar-refractivity contribution in [1.82, 2.24) is 19.6 Å². The summed E-state index contributed by atoms with van der Waals surface area (Å²) in [5, 5.41) is 12.1. The number of anilines is 1. The third-order valence-corrected chi connectivity index (χ3v) is 5.49. The van der Waals surface area contributed by atoms with Crippen LogP contribution in [0, 0.1) is 0 Å². The Labute approximate surface area is 176 Å². The first-order valence-corrected chi connectivity index (χ1v) is 10.3. The van der Waals surface area contributed by atoms with Gasteiger partial charge in [-0.05, 0) is 71.6 Å². The van der Waals surface area contributed by atoms with E-state index in [0.29, 0.717) is 5.56 Å². The van der Waals surface area contributed by atoms with Crippen LogP contribution in [-0.2, 0) is 12.8 Å². The van der Waals surface area contributed by atoms with Gasteiger partial charge in [0.05, 0.1) is 27.7 Å². The zero-order valence-corrected chi connectivity index (χ0v) is 17.1. The molecule has 7 heteroatoms. The molecule has 5 rings (SSSR count). The summed E-state index contributed by atoms with van der Waals surface area (Å²) in [6.45, 7) is 0. The molecule has 1 amide bonds. The summed E-state index contributed by atoms with van der Waals surface area (Å²) in [6, 6.07) is 17.3. The molecule has 0 radical (unpaired) electrons. The minimum Gasteiger partial charge on any atom is -0.306 e. The van der Waals surface area contributed by atoms with E-state index >= 15 is 0 Å². The maximum Gasteiger partial charge on any atom is 0.256 e. The number of nitrogens with zero attached hydrogens (tertiary/aromatic N) is 4. The number of rotatable bonds is 4.